The van der Waals surface area contributed by atoms with E-state index in [4.69, 9.17) is 4.74 Å². The van der Waals surface area contributed by atoms with Crippen LogP contribution in [-0.4, -0.2) is 43.3 Å². The van der Waals surface area contributed by atoms with Crippen molar-refractivity contribution in [2.24, 2.45) is 0 Å². The molecule has 0 aromatic carbocycles. The van der Waals surface area contributed by atoms with E-state index in [0.717, 1.165) is 0 Å². The number of amides is 1. The van der Waals surface area contributed by atoms with Crippen LogP contribution in [0.2, 0.25) is 0 Å². The molecule has 0 radical (unpaired) electrons. The van der Waals surface area contributed by atoms with Gasteiger partial charge in [-0.25, -0.2) is 4.79 Å². The third-order valence-corrected chi connectivity index (χ3v) is 1.32. The number of ether oxygens (including phenoxy) is 2. The highest BCUT2D eigenvalue weighted by atomic mass is 16.6. The Morgan fingerprint density at radius 2 is 1.93 bits per heavy atom. The molecule has 0 aliphatic carbocycles. The predicted molar refractivity (Wildman–Crippen MR) is 50.9 cm³/mol. The van der Waals surface area contributed by atoms with Gasteiger partial charge in [0.05, 0.1) is 12.7 Å². The fourth-order valence-corrected chi connectivity index (χ4v) is 0.756. The number of rotatable bonds is 4. The van der Waals surface area contributed by atoms with Crippen molar-refractivity contribution >= 4 is 12.1 Å². The van der Waals surface area contributed by atoms with Crippen LogP contribution in [-0.2, 0) is 14.3 Å². The van der Waals surface area contributed by atoms with Crippen LogP contribution in [0.25, 0.3) is 0 Å². The topological polar surface area (TPSA) is 55.8 Å². The molecule has 0 unspecified atom stereocenters. The molecule has 0 aliphatic heterocycles. The van der Waals surface area contributed by atoms with Crippen LogP contribution in [0.3, 0.4) is 0 Å². The van der Waals surface area contributed by atoms with Gasteiger partial charge in [-0.1, -0.05) is 0 Å². The van der Waals surface area contributed by atoms with Gasteiger partial charge in [0.2, 0.25) is 0 Å². The molecular weight excluding hydrogens is 186 g/mol. The third kappa shape index (κ3) is 5.40. The molecule has 0 N–H and O–H groups in total. The molecule has 0 aliphatic rings. The normalized spacial score (nSPS) is 9.79. The van der Waals surface area contributed by atoms with E-state index in [1.165, 1.54) is 11.9 Å². The second kappa shape index (κ2) is 6.23. The number of nitrogens with zero attached hydrogens (tertiary/aromatic N) is 1. The maximum absolute atomic E-state index is 11.2. The average molecular weight is 203 g/mol. The standard InChI is InChI=1S/C9H17NO4/c1-5-13-8(11)6-10(4)9(12)14-7(2)3/h7H,5-6H2,1-4H3. The van der Waals surface area contributed by atoms with Gasteiger partial charge in [0, 0.05) is 7.05 Å². The van der Waals surface area contributed by atoms with Crippen molar-refractivity contribution in [2.45, 2.75) is 26.9 Å². The van der Waals surface area contributed by atoms with Gasteiger partial charge >= 0.3 is 12.1 Å². The number of hydrogen-bond acceptors (Lipinski definition) is 4. The first-order chi connectivity index (χ1) is 6.47. The van der Waals surface area contributed by atoms with Gasteiger partial charge < -0.3 is 14.4 Å². The van der Waals surface area contributed by atoms with Crippen LogP contribution in [0, 0.1) is 0 Å². The number of carbonyl (C=O) groups is 2. The van der Waals surface area contributed by atoms with Crippen molar-refractivity contribution in [3.8, 4) is 0 Å². The lowest BCUT2D eigenvalue weighted by Crippen LogP contribution is -2.34. The van der Waals surface area contributed by atoms with Crippen LogP contribution >= 0.6 is 0 Å². The quantitative estimate of drug-likeness (QED) is 0.640. The summed E-state index contributed by atoms with van der Waals surface area (Å²) in [6.07, 6.45) is -0.708. The minimum Gasteiger partial charge on any atom is -0.465 e. The Bertz CT molecular complexity index is 203. The summed E-state index contributed by atoms with van der Waals surface area (Å²) in [5, 5.41) is 0. The summed E-state index contributed by atoms with van der Waals surface area (Å²) in [6, 6.07) is 0. The van der Waals surface area contributed by atoms with Crippen LogP contribution in [0.1, 0.15) is 20.8 Å². The van der Waals surface area contributed by atoms with Crippen LogP contribution in [0.5, 0.6) is 0 Å². The van der Waals surface area contributed by atoms with Crippen LogP contribution in [0.15, 0.2) is 0 Å². The molecule has 14 heavy (non-hydrogen) atoms. The minimum absolute atomic E-state index is 0.0839. The SMILES string of the molecule is CCOC(=O)CN(C)C(=O)OC(C)C. The molecule has 0 heterocycles. The Balaban J connectivity index is 3.88. The molecule has 0 aromatic rings. The highest BCUT2D eigenvalue weighted by Crippen LogP contribution is 1.96. The first kappa shape index (κ1) is 12.7. The molecule has 0 spiro atoms. The summed E-state index contributed by atoms with van der Waals surface area (Å²) in [5.41, 5.74) is 0. The summed E-state index contributed by atoms with van der Waals surface area (Å²) in [5.74, 6) is -0.435. The molecule has 0 fully saturated rings. The first-order valence-corrected chi connectivity index (χ1v) is 4.54. The smallest absolute Gasteiger partial charge is 0.410 e. The van der Waals surface area contributed by atoms with E-state index in [9.17, 15) is 9.59 Å². The summed E-state index contributed by atoms with van der Waals surface area (Å²) in [7, 11) is 1.49. The molecule has 0 saturated carbocycles. The molecule has 5 heteroatoms. The van der Waals surface area contributed by atoms with Gasteiger partial charge in [0.15, 0.2) is 0 Å². The lowest BCUT2D eigenvalue weighted by Gasteiger charge is -2.17. The Morgan fingerprint density at radius 1 is 1.36 bits per heavy atom. The van der Waals surface area contributed by atoms with E-state index in [0.29, 0.717) is 6.61 Å². The van der Waals surface area contributed by atoms with E-state index >= 15 is 0 Å². The van der Waals surface area contributed by atoms with Gasteiger partial charge in [-0.2, -0.15) is 0 Å². The van der Waals surface area contributed by atoms with Crippen molar-refractivity contribution in [2.75, 3.05) is 20.2 Å². The van der Waals surface area contributed by atoms with Crippen LogP contribution < -0.4 is 0 Å². The molecule has 0 saturated heterocycles. The van der Waals surface area contributed by atoms with E-state index in [1.54, 1.807) is 20.8 Å². The fraction of sp³-hybridized carbons (Fsp3) is 0.778. The lowest BCUT2D eigenvalue weighted by atomic mass is 10.5. The maximum Gasteiger partial charge on any atom is 0.410 e. The molecule has 0 bridgehead atoms. The monoisotopic (exact) mass is 203 g/mol. The van der Waals surface area contributed by atoms with Gasteiger partial charge in [0.25, 0.3) is 0 Å². The summed E-state index contributed by atoms with van der Waals surface area (Å²) in [6.45, 7) is 5.43. The highest BCUT2D eigenvalue weighted by molar-refractivity contribution is 5.77. The zero-order valence-corrected chi connectivity index (χ0v) is 9.07. The second-order valence-corrected chi connectivity index (χ2v) is 3.09. The van der Waals surface area contributed by atoms with Gasteiger partial charge in [-0.15, -0.1) is 0 Å². The Kier molecular flexibility index (Phi) is 5.67. The van der Waals surface area contributed by atoms with Crippen molar-refractivity contribution in [3.05, 3.63) is 0 Å². The van der Waals surface area contributed by atoms with E-state index in [1.807, 2.05) is 0 Å². The largest absolute Gasteiger partial charge is 0.465 e. The van der Waals surface area contributed by atoms with Gasteiger partial charge in [0.1, 0.15) is 6.54 Å². The fourth-order valence-electron chi connectivity index (χ4n) is 0.756. The molecule has 0 aromatic heterocycles. The number of carbonyl (C=O) groups excluding carboxylic acids is 2. The summed E-state index contributed by atoms with van der Waals surface area (Å²) < 4.78 is 9.55. The summed E-state index contributed by atoms with van der Waals surface area (Å²) in [4.78, 5) is 23.3. The third-order valence-electron chi connectivity index (χ3n) is 1.32. The predicted octanol–water partition coefficient (Wildman–Crippen LogP) is 1.03. The van der Waals surface area contributed by atoms with E-state index in [2.05, 4.69) is 4.74 Å². The van der Waals surface area contributed by atoms with Crippen LogP contribution in [0.4, 0.5) is 4.79 Å². The Labute approximate surface area is 84.0 Å². The molecule has 0 rings (SSSR count). The Morgan fingerprint density at radius 3 is 2.36 bits per heavy atom. The minimum atomic E-state index is -0.520. The molecular formula is C9H17NO4. The summed E-state index contributed by atoms with van der Waals surface area (Å²) >= 11 is 0. The van der Waals surface area contributed by atoms with Gasteiger partial charge in [-0.3, -0.25) is 4.79 Å². The van der Waals surface area contributed by atoms with Crippen molar-refractivity contribution in [1.29, 1.82) is 0 Å². The molecule has 82 valence electrons. The highest BCUT2D eigenvalue weighted by Gasteiger charge is 2.15. The second-order valence-electron chi connectivity index (χ2n) is 3.09. The average Bonchev–Trinajstić information content (AvgIpc) is 2.02. The number of likely N-dealkylation sites (N-methyl/N-ethyl adjacent to an activating group) is 1. The number of hydrogen-bond donors (Lipinski definition) is 0. The van der Waals surface area contributed by atoms with E-state index in [-0.39, 0.29) is 12.6 Å². The van der Waals surface area contributed by atoms with Gasteiger partial charge in [-0.05, 0) is 20.8 Å². The maximum atomic E-state index is 11.2. The van der Waals surface area contributed by atoms with Crippen molar-refractivity contribution in [1.82, 2.24) is 4.90 Å². The zero-order valence-electron chi connectivity index (χ0n) is 9.07. The van der Waals surface area contributed by atoms with E-state index < -0.39 is 12.1 Å². The lowest BCUT2D eigenvalue weighted by molar-refractivity contribution is -0.143. The molecule has 1 amide bonds. The molecule has 0 atom stereocenters. The zero-order chi connectivity index (χ0) is 11.1. The number of esters is 1. The first-order valence-electron chi connectivity index (χ1n) is 4.54. The Hall–Kier alpha value is -1.26. The van der Waals surface area contributed by atoms with Crippen molar-refractivity contribution < 1.29 is 19.1 Å². The van der Waals surface area contributed by atoms with Crippen molar-refractivity contribution in [3.63, 3.8) is 0 Å². The molecule has 5 nitrogen and oxygen atoms in total.